The highest BCUT2D eigenvalue weighted by Crippen LogP contribution is 2.22. The molecular formula is C15H17ClN6O2S. The summed E-state index contributed by atoms with van der Waals surface area (Å²) in [5.74, 6) is 0.332. The molecule has 1 aromatic carbocycles. The Balaban J connectivity index is 1.79. The molecule has 0 bridgehead atoms. The number of thiazole rings is 1. The van der Waals surface area contributed by atoms with Gasteiger partial charge in [-0.1, -0.05) is 41.9 Å². The number of hydrazone groups is 1. The zero-order chi connectivity index (χ0) is 17.8. The van der Waals surface area contributed by atoms with Crippen LogP contribution in [0.2, 0.25) is 4.47 Å². The third-order valence-electron chi connectivity index (χ3n) is 3.70. The van der Waals surface area contributed by atoms with Crippen molar-refractivity contribution in [3.8, 4) is 0 Å². The molecule has 8 nitrogen and oxygen atoms in total. The van der Waals surface area contributed by atoms with Gasteiger partial charge in [0, 0.05) is 24.7 Å². The van der Waals surface area contributed by atoms with Crippen LogP contribution in [0.3, 0.4) is 0 Å². The SMILES string of the molecule is CN1CN(Cc2ccccc2)CN(Cc2cnc(Cl)s2)C1=N[N+](=O)[O-]. The molecule has 0 radical (unpaired) electrons. The number of benzene rings is 1. The van der Waals surface area contributed by atoms with Crippen molar-refractivity contribution in [1.82, 2.24) is 19.7 Å². The summed E-state index contributed by atoms with van der Waals surface area (Å²) in [5, 5.41) is 13.8. The van der Waals surface area contributed by atoms with Gasteiger partial charge in [-0.15, -0.1) is 11.3 Å². The summed E-state index contributed by atoms with van der Waals surface area (Å²) in [6.07, 6.45) is 1.69. The number of nitro groups is 1. The molecule has 1 aliphatic heterocycles. The third kappa shape index (κ3) is 4.65. The zero-order valence-corrected chi connectivity index (χ0v) is 15.2. The number of nitrogens with zero attached hydrogens (tertiary/aromatic N) is 6. The van der Waals surface area contributed by atoms with Crippen LogP contribution in [0.4, 0.5) is 0 Å². The van der Waals surface area contributed by atoms with E-state index >= 15 is 0 Å². The van der Waals surface area contributed by atoms with Gasteiger partial charge >= 0.3 is 0 Å². The number of halogens is 1. The van der Waals surface area contributed by atoms with Crippen LogP contribution in [-0.2, 0) is 13.1 Å². The Labute approximate surface area is 154 Å². The topological polar surface area (TPSA) is 78.1 Å². The minimum atomic E-state index is -0.661. The number of hydrogen-bond acceptors (Lipinski definition) is 5. The van der Waals surface area contributed by atoms with E-state index in [0.29, 0.717) is 30.3 Å². The minimum Gasteiger partial charge on any atom is -0.328 e. The van der Waals surface area contributed by atoms with E-state index in [9.17, 15) is 10.1 Å². The molecule has 132 valence electrons. The van der Waals surface area contributed by atoms with Gasteiger partial charge in [0.15, 0.2) is 9.50 Å². The molecule has 1 fully saturated rings. The van der Waals surface area contributed by atoms with E-state index in [4.69, 9.17) is 11.6 Å². The monoisotopic (exact) mass is 380 g/mol. The zero-order valence-electron chi connectivity index (χ0n) is 13.6. The van der Waals surface area contributed by atoms with Crippen molar-refractivity contribution in [1.29, 1.82) is 0 Å². The van der Waals surface area contributed by atoms with Crippen molar-refractivity contribution >= 4 is 28.9 Å². The fourth-order valence-electron chi connectivity index (χ4n) is 2.77. The highest BCUT2D eigenvalue weighted by Gasteiger charge is 2.29. The van der Waals surface area contributed by atoms with Crippen LogP contribution in [0.25, 0.3) is 0 Å². The fourth-order valence-corrected chi connectivity index (χ4v) is 3.77. The third-order valence-corrected chi connectivity index (χ3v) is 4.80. The van der Waals surface area contributed by atoms with E-state index in [1.54, 1.807) is 18.1 Å². The largest absolute Gasteiger partial charge is 0.328 e. The lowest BCUT2D eigenvalue weighted by atomic mass is 10.2. The van der Waals surface area contributed by atoms with Gasteiger partial charge in [0.2, 0.25) is 0 Å². The lowest BCUT2D eigenvalue weighted by Crippen LogP contribution is -2.56. The molecule has 0 amide bonds. The lowest BCUT2D eigenvalue weighted by molar-refractivity contribution is -0.486. The molecule has 2 heterocycles. The van der Waals surface area contributed by atoms with Crippen molar-refractivity contribution in [2.45, 2.75) is 13.1 Å². The molecule has 2 aromatic rings. The molecule has 0 saturated carbocycles. The standard InChI is InChI=1S/C15H17ClN6O2S/c1-19-10-20(8-12-5-3-2-4-6-12)11-21(15(19)18-22(23)24)9-13-7-17-14(16)25-13/h2-7H,8-11H2,1H3. The van der Waals surface area contributed by atoms with E-state index in [0.717, 1.165) is 11.4 Å². The summed E-state index contributed by atoms with van der Waals surface area (Å²) < 4.78 is 0.453. The van der Waals surface area contributed by atoms with E-state index in [1.807, 2.05) is 23.1 Å². The lowest BCUT2D eigenvalue weighted by Gasteiger charge is -2.41. The first-order chi connectivity index (χ1) is 12.0. The highest BCUT2D eigenvalue weighted by molar-refractivity contribution is 7.15. The van der Waals surface area contributed by atoms with E-state index in [-0.39, 0.29) is 0 Å². The summed E-state index contributed by atoms with van der Waals surface area (Å²) in [6.45, 7) is 2.30. The van der Waals surface area contributed by atoms with Crippen molar-refractivity contribution in [3.63, 3.8) is 0 Å². The van der Waals surface area contributed by atoms with Gasteiger partial charge in [-0.05, 0) is 5.56 Å². The van der Waals surface area contributed by atoms with Gasteiger partial charge in [-0.25, -0.2) is 15.1 Å². The molecule has 3 rings (SSSR count). The van der Waals surface area contributed by atoms with Crippen LogP contribution in [0, 0.1) is 10.1 Å². The van der Waals surface area contributed by atoms with Crippen LogP contribution >= 0.6 is 22.9 Å². The predicted molar refractivity (Wildman–Crippen MR) is 96.6 cm³/mol. The predicted octanol–water partition coefficient (Wildman–Crippen LogP) is 2.51. The van der Waals surface area contributed by atoms with Gasteiger partial charge in [0.05, 0.1) is 19.9 Å². The molecule has 0 N–H and O–H groups in total. The molecule has 0 aliphatic carbocycles. The number of hydrogen-bond donors (Lipinski definition) is 0. The minimum absolute atomic E-state index is 0.332. The second kappa shape index (κ2) is 7.77. The van der Waals surface area contributed by atoms with Gasteiger partial charge in [-0.2, -0.15) is 0 Å². The molecule has 0 unspecified atom stereocenters. The Kier molecular flexibility index (Phi) is 5.47. The first-order valence-electron chi connectivity index (χ1n) is 7.57. The highest BCUT2D eigenvalue weighted by atomic mass is 35.5. The average molecular weight is 381 g/mol. The van der Waals surface area contributed by atoms with Gasteiger partial charge in [0.1, 0.15) is 5.10 Å². The van der Waals surface area contributed by atoms with E-state index in [2.05, 4.69) is 27.1 Å². The van der Waals surface area contributed by atoms with Gasteiger partial charge < -0.3 is 9.80 Å². The summed E-state index contributed by atoms with van der Waals surface area (Å²) in [6, 6.07) is 10.1. The smallest absolute Gasteiger partial charge is 0.276 e. The van der Waals surface area contributed by atoms with Crippen LogP contribution in [0.5, 0.6) is 0 Å². The van der Waals surface area contributed by atoms with E-state index < -0.39 is 5.03 Å². The summed E-state index contributed by atoms with van der Waals surface area (Å²) in [4.78, 5) is 21.7. The fraction of sp³-hybridized carbons (Fsp3) is 0.333. The molecule has 1 saturated heterocycles. The summed E-state index contributed by atoms with van der Waals surface area (Å²) in [7, 11) is 1.80. The van der Waals surface area contributed by atoms with Crippen molar-refractivity contribution in [2.75, 3.05) is 20.4 Å². The first-order valence-corrected chi connectivity index (χ1v) is 8.76. The van der Waals surface area contributed by atoms with Crippen LogP contribution in [0.1, 0.15) is 10.4 Å². The first kappa shape index (κ1) is 17.6. The van der Waals surface area contributed by atoms with Crippen molar-refractivity contribution < 1.29 is 5.03 Å². The van der Waals surface area contributed by atoms with Crippen molar-refractivity contribution in [2.24, 2.45) is 5.10 Å². The Morgan fingerprint density at radius 1 is 1.32 bits per heavy atom. The van der Waals surface area contributed by atoms with E-state index in [1.165, 1.54) is 16.9 Å². The molecule has 1 aliphatic rings. The number of guanidine groups is 1. The Hall–Kier alpha value is -2.23. The number of rotatable bonds is 5. The van der Waals surface area contributed by atoms with Gasteiger partial charge in [-0.3, -0.25) is 4.90 Å². The van der Waals surface area contributed by atoms with Crippen LogP contribution < -0.4 is 0 Å². The maximum absolute atomic E-state index is 10.9. The Bertz CT molecular complexity index is 768. The maximum Gasteiger partial charge on any atom is 0.276 e. The Morgan fingerprint density at radius 3 is 2.72 bits per heavy atom. The van der Waals surface area contributed by atoms with Crippen LogP contribution in [0.15, 0.2) is 41.6 Å². The average Bonchev–Trinajstić information content (AvgIpc) is 2.96. The maximum atomic E-state index is 10.9. The molecule has 0 atom stereocenters. The second-order valence-corrected chi connectivity index (χ2v) is 7.41. The quantitative estimate of drug-likeness (QED) is 0.585. The molecular weight excluding hydrogens is 364 g/mol. The molecule has 1 aromatic heterocycles. The second-order valence-electron chi connectivity index (χ2n) is 5.71. The van der Waals surface area contributed by atoms with Crippen molar-refractivity contribution in [3.05, 3.63) is 61.6 Å². The number of aromatic nitrogens is 1. The van der Waals surface area contributed by atoms with Gasteiger partial charge in [0.25, 0.3) is 5.96 Å². The van der Waals surface area contributed by atoms with Crippen LogP contribution in [-0.4, -0.2) is 51.1 Å². The normalized spacial score (nSPS) is 17.3. The summed E-state index contributed by atoms with van der Waals surface area (Å²) in [5.41, 5.74) is 1.19. The Morgan fingerprint density at radius 2 is 2.08 bits per heavy atom. The molecule has 0 spiro atoms. The summed E-state index contributed by atoms with van der Waals surface area (Å²) >= 11 is 7.25. The molecule has 25 heavy (non-hydrogen) atoms. The molecule has 10 heteroatoms.